The van der Waals surface area contributed by atoms with Crippen LogP contribution in [0.3, 0.4) is 0 Å². The Labute approximate surface area is 100 Å². The maximum Gasteiger partial charge on any atom is 0.293 e. The van der Waals surface area contributed by atoms with Gasteiger partial charge in [-0.1, -0.05) is 0 Å². The number of nitrogens with zero attached hydrogens (tertiary/aromatic N) is 2. The van der Waals surface area contributed by atoms with Crippen LogP contribution < -0.4 is 10.9 Å². The Morgan fingerprint density at radius 2 is 2.06 bits per heavy atom. The summed E-state index contributed by atoms with van der Waals surface area (Å²) in [6.07, 6.45) is 7.64. The van der Waals surface area contributed by atoms with Crippen molar-refractivity contribution in [2.45, 2.75) is 25.3 Å². The molecule has 0 aliphatic heterocycles. The molecule has 0 aromatic carbocycles. The Hall–Kier alpha value is -1.32. The molecule has 3 fully saturated rings. The first-order valence-electron chi connectivity index (χ1n) is 6.54. The van der Waals surface area contributed by atoms with E-state index in [1.54, 1.807) is 24.0 Å². The standard InChI is InChI=1S/C13H17N3O/c1-16-5-4-14-12(13(16)17)15-11-9-7-2-3-8(6-7)10(9)11/h4-5,7-11H,2-3,6H2,1H3,(H,14,15). The summed E-state index contributed by atoms with van der Waals surface area (Å²) in [6.45, 7) is 0. The Bertz CT molecular complexity index is 508. The van der Waals surface area contributed by atoms with Crippen molar-refractivity contribution in [1.82, 2.24) is 9.55 Å². The van der Waals surface area contributed by atoms with E-state index < -0.39 is 0 Å². The van der Waals surface area contributed by atoms with Crippen LogP contribution in [-0.2, 0) is 7.05 Å². The van der Waals surface area contributed by atoms with Crippen molar-refractivity contribution in [3.05, 3.63) is 22.7 Å². The molecule has 0 saturated heterocycles. The average Bonchev–Trinajstić information content (AvgIpc) is 2.72. The first-order chi connectivity index (χ1) is 8.25. The van der Waals surface area contributed by atoms with Crippen LogP contribution in [0.1, 0.15) is 19.3 Å². The number of nitrogens with one attached hydrogen (secondary N) is 1. The molecular formula is C13H17N3O. The zero-order valence-electron chi connectivity index (χ0n) is 9.97. The number of fused-ring (bicyclic) bond motifs is 5. The van der Waals surface area contributed by atoms with Crippen LogP contribution in [0.4, 0.5) is 5.82 Å². The van der Waals surface area contributed by atoms with Crippen molar-refractivity contribution < 1.29 is 0 Å². The molecule has 1 heterocycles. The summed E-state index contributed by atoms with van der Waals surface area (Å²) in [7, 11) is 1.77. The van der Waals surface area contributed by atoms with Gasteiger partial charge in [0.05, 0.1) is 0 Å². The van der Waals surface area contributed by atoms with Crippen molar-refractivity contribution in [1.29, 1.82) is 0 Å². The van der Waals surface area contributed by atoms with Gasteiger partial charge >= 0.3 is 0 Å². The van der Waals surface area contributed by atoms with Gasteiger partial charge in [0.25, 0.3) is 5.56 Å². The predicted molar refractivity (Wildman–Crippen MR) is 64.7 cm³/mol. The lowest BCUT2D eigenvalue weighted by Gasteiger charge is -2.10. The van der Waals surface area contributed by atoms with Gasteiger partial charge in [-0.15, -0.1) is 0 Å². The summed E-state index contributed by atoms with van der Waals surface area (Å²) in [4.78, 5) is 16.0. The molecule has 17 heavy (non-hydrogen) atoms. The lowest BCUT2D eigenvalue weighted by atomic mass is 10.0. The SMILES string of the molecule is Cn1ccnc(NC2C3C4CCC(C4)C23)c1=O. The second-order valence-electron chi connectivity index (χ2n) is 5.85. The minimum atomic E-state index is -0.00943. The van der Waals surface area contributed by atoms with Crippen molar-refractivity contribution in [3.8, 4) is 0 Å². The van der Waals surface area contributed by atoms with Crippen LogP contribution in [-0.4, -0.2) is 15.6 Å². The quantitative estimate of drug-likeness (QED) is 0.833. The first-order valence-corrected chi connectivity index (χ1v) is 6.54. The fourth-order valence-corrected chi connectivity index (χ4v) is 4.27. The van der Waals surface area contributed by atoms with E-state index in [1.165, 1.54) is 19.3 Å². The van der Waals surface area contributed by atoms with E-state index in [2.05, 4.69) is 10.3 Å². The Balaban J connectivity index is 1.57. The van der Waals surface area contributed by atoms with E-state index in [0.29, 0.717) is 11.9 Å². The second-order valence-corrected chi connectivity index (χ2v) is 5.85. The fraction of sp³-hybridized carbons (Fsp3) is 0.692. The van der Waals surface area contributed by atoms with Gasteiger partial charge in [0.1, 0.15) is 0 Å². The molecule has 0 spiro atoms. The average molecular weight is 231 g/mol. The smallest absolute Gasteiger partial charge is 0.293 e. The number of aromatic nitrogens is 2. The predicted octanol–water partition coefficient (Wildman–Crippen LogP) is 1.24. The monoisotopic (exact) mass is 231 g/mol. The van der Waals surface area contributed by atoms with E-state index in [0.717, 1.165) is 23.7 Å². The van der Waals surface area contributed by atoms with Crippen molar-refractivity contribution in [2.75, 3.05) is 5.32 Å². The topological polar surface area (TPSA) is 46.9 Å². The fourth-order valence-electron chi connectivity index (χ4n) is 4.27. The molecular weight excluding hydrogens is 214 g/mol. The van der Waals surface area contributed by atoms with Gasteiger partial charge in [-0.05, 0) is 42.9 Å². The van der Waals surface area contributed by atoms with Crippen LogP contribution in [0, 0.1) is 23.7 Å². The zero-order chi connectivity index (χ0) is 11.6. The highest BCUT2D eigenvalue weighted by molar-refractivity contribution is 5.38. The van der Waals surface area contributed by atoms with E-state index in [4.69, 9.17) is 0 Å². The van der Waals surface area contributed by atoms with Crippen LogP contribution in [0.15, 0.2) is 17.2 Å². The van der Waals surface area contributed by atoms with E-state index >= 15 is 0 Å². The number of anilines is 1. The molecule has 4 atom stereocenters. The minimum absolute atomic E-state index is 0.00943. The number of hydrogen-bond donors (Lipinski definition) is 1. The van der Waals surface area contributed by atoms with E-state index in [1.807, 2.05) is 0 Å². The minimum Gasteiger partial charge on any atom is -0.362 e. The maximum absolute atomic E-state index is 11.9. The third-order valence-corrected chi connectivity index (χ3v) is 5.06. The first kappa shape index (κ1) is 9.68. The summed E-state index contributed by atoms with van der Waals surface area (Å²) in [5.41, 5.74) is -0.00943. The molecule has 0 amide bonds. The van der Waals surface area contributed by atoms with Gasteiger partial charge in [0.2, 0.25) is 0 Å². The van der Waals surface area contributed by atoms with Gasteiger partial charge in [-0.2, -0.15) is 0 Å². The Morgan fingerprint density at radius 3 is 2.76 bits per heavy atom. The van der Waals surface area contributed by atoms with Crippen molar-refractivity contribution in [2.24, 2.45) is 30.7 Å². The molecule has 90 valence electrons. The van der Waals surface area contributed by atoms with Gasteiger partial charge in [0.15, 0.2) is 5.82 Å². The lowest BCUT2D eigenvalue weighted by Crippen LogP contribution is -2.24. The third-order valence-electron chi connectivity index (χ3n) is 5.06. The van der Waals surface area contributed by atoms with Gasteiger partial charge < -0.3 is 9.88 Å². The maximum atomic E-state index is 11.9. The largest absolute Gasteiger partial charge is 0.362 e. The molecule has 4 heteroatoms. The summed E-state index contributed by atoms with van der Waals surface area (Å²) < 4.78 is 1.59. The molecule has 3 saturated carbocycles. The highest BCUT2D eigenvalue weighted by Gasteiger charge is 2.65. The highest BCUT2D eigenvalue weighted by Crippen LogP contribution is 2.66. The van der Waals surface area contributed by atoms with Crippen LogP contribution >= 0.6 is 0 Å². The Kier molecular flexibility index (Phi) is 1.78. The highest BCUT2D eigenvalue weighted by atomic mass is 16.1. The molecule has 3 aliphatic rings. The van der Waals surface area contributed by atoms with Crippen LogP contribution in [0.2, 0.25) is 0 Å². The molecule has 0 radical (unpaired) electrons. The number of hydrogen-bond acceptors (Lipinski definition) is 3. The van der Waals surface area contributed by atoms with Gasteiger partial charge in [-0.3, -0.25) is 4.79 Å². The second kappa shape index (κ2) is 3.12. The molecule has 1 aromatic rings. The number of rotatable bonds is 2. The molecule has 4 nitrogen and oxygen atoms in total. The van der Waals surface area contributed by atoms with Crippen LogP contribution in [0.5, 0.6) is 0 Å². The Morgan fingerprint density at radius 1 is 1.35 bits per heavy atom. The van der Waals surface area contributed by atoms with Crippen molar-refractivity contribution in [3.63, 3.8) is 0 Å². The normalized spacial score (nSPS) is 41.4. The summed E-state index contributed by atoms with van der Waals surface area (Å²) in [5.74, 6) is 4.06. The summed E-state index contributed by atoms with van der Waals surface area (Å²) in [5, 5.41) is 3.38. The van der Waals surface area contributed by atoms with Crippen molar-refractivity contribution >= 4 is 5.82 Å². The lowest BCUT2D eigenvalue weighted by molar-refractivity contribution is 0.456. The van der Waals surface area contributed by atoms with E-state index in [9.17, 15) is 4.79 Å². The molecule has 4 unspecified atom stereocenters. The number of aryl methyl sites for hydroxylation is 1. The van der Waals surface area contributed by atoms with Gasteiger partial charge in [0, 0.05) is 25.5 Å². The van der Waals surface area contributed by atoms with Crippen LogP contribution in [0.25, 0.3) is 0 Å². The van der Waals surface area contributed by atoms with E-state index in [-0.39, 0.29) is 5.56 Å². The molecule has 4 rings (SSSR count). The molecule has 1 N–H and O–H groups in total. The molecule has 1 aromatic heterocycles. The third kappa shape index (κ3) is 1.24. The summed E-state index contributed by atoms with van der Waals surface area (Å²) in [6, 6.07) is 0.531. The molecule has 3 aliphatic carbocycles. The zero-order valence-corrected chi connectivity index (χ0v) is 9.97. The molecule has 2 bridgehead atoms. The van der Waals surface area contributed by atoms with Gasteiger partial charge in [-0.25, -0.2) is 4.98 Å². The summed E-state index contributed by atoms with van der Waals surface area (Å²) >= 11 is 0.